The van der Waals surface area contributed by atoms with Gasteiger partial charge in [0, 0.05) is 12.5 Å². The van der Waals surface area contributed by atoms with Crippen LogP contribution in [0.15, 0.2) is 0 Å². The number of rotatable bonds is 7. The minimum Gasteiger partial charge on any atom is -0.480 e. The summed E-state index contributed by atoms with van der Waals surface area (Å²) in [7, 11) is 0. The van der Waals surface area contributed by atoms with Gasteiger partial charge >= 0.3 is 5.97 Å². The van der Waals surface area contributed by atoms with Gasteiger partial charge in [0.05, 0.1) is 6.42 Å². The second-order valence-electron chi connectivity index (χ2n) is 4.81. The van der Waals surface area contributed by atoms with Gasteiger partial charge in [-0.1, -0.05) is 6.42 Å². The van der Waals surface area contributed by atoms with Crippen LogP contribution in [0.1, 0.15) is 38.5 Å². The van der Waals surface area contributed by atoms with E-state index in [0.29, 0.717) is 12.5 Å². The Bertz CT molecular complexity index is 340. The van der Waals surface area contributed by atoms with Crippen molar-refractivity contribution in [2.75, 3.05) is 6.54 Å². The average Bonchev–Trinajstić information content (AvgIpc) is 2.36. The standard InChI is InChI=1S/C12H21N3O4/c13-10(16)7-9(12(18)19)15-11(17)5-4-8-3-1-2-6-14-8/h8-9,14H,1-7H2,(H2,13,16)(H,15,17)(H,18,19)/t8?,9-/m1/s1. The summed E-state index contributed by atoms with van der Waals surface area (Å²) < 4.78 is 0. The zero-order valence-electron chi connectivity index (χ0n) is 10.9. The third kappa shape index (κ3) is 6.19. The number of aliphatic carboxylic acids is 1. The molecule has 1 aliphatic rings. The minimum absolute atomic E-state index is 0.250. The number of amides is 2. The average molecular weight is 271 g/mol. The molecule has 5 N–H and O–H groups in total. The lowest BCUT2D eigenvalue weighted by molar-refractivity contribution is -0.143. The van der Waals surface area contributed by atoms with Gasteiger partial charge < -0.3 is 21.5 Å². The summed E-state index contributed by atoms with van der Waals surface area (Å²) >= 11 is 0. The lowest BCUT2D eigenvalue weighted by Crippen LogP contribution is -2.44. The summed E-state index contributed by atoms with van der Waals surface area (Å²) in [5.41, 5.74) is 4.93. The first-order chi connectivity index (χ1) is 8.99. The quantitative estimate of drug-likeness (QED) is 0.490. The van der Waals surface area contributed by atoms with E-state index < -0.39 is 17.9 Å². The van der Waals surface area contributed by atoms with Crippen LogP contribution in [0.25, 0.3) is 0 Å². The van der Waals surface area contributed by atoms with Gasteiger partial charge in [-0.2, -0.15) is 0 Å². The molecule has 1 rings (SSSR count). The first-order valence-electron chi connectivity index (χ1n) is 6.53. The lowest BCUT2D eigenvalue weighted by atomic mass is 10.0. The molecule has 1 unspecified atom stereocenters. The number of nitrogens with two attached hydrogens (primary N) is 1. The van der Waals surface area contributed by atoms with E-state index in [-0.39, 0.29) is 18.7 Å². The minimum atomic E-state index is -1.25. The number of carboxylic acids is 1. The second-order valence-corrected chi connectivity index (χ2v) is 4.81. The molecule has 7 heteroatoms. The number of carboxylic acid groups (broad SMARTS) is 1. The fourth-order valence-corrected chi connectivity index (χ4v) is 2.14. The zero-order valence-corrected chi connectivity index (χ0v) is 10.9. The first-order valence-corrected chi connectivity index (χ1v) is 6.53. The van der Waals surface area contributed by atoms with Crippen molar-refractivity contribution >= 4 is 17.8 Å². The van der Waals surface area contributed by atoms with Gasteiger partial charge in [0.15, 0.2) is 0 Å². The second kappa shape index (κ2) is 7.73. The van der Waals surface area contributed by atoms with Gasteiger partial charge in [-0.05, 0) is 25.8 Å². The van der Waals surface area contributed by atoms with Gasteiger partial charge in [0.1, 0.15) is 6.04 Å². The number of nitrogens with one attached hydrogen (secondary N) is 2. The molecule has 108 valence electrons. The highest BCUT2D eigenvalue weighted by Crippen LogP contribution is 2.11. The number of carbonyl (C=O) groups is 3. The number of piperidine rings is 1. The van der Waals surface area contributed by atoms with Crippen LogP contribution < -0.4 is 16.4 Å². The van der Waals surface area contributed by atoms with Crippen LogP contribution in [0.3, 0.4) is 0 Å². The number of hydrogen-bond donors (Lipinski definition) is 4. The lowest BCUT2D eigenvalue weighted by Gasteiger charge is -2.23. The summed E-state index contributed by atoms with van der Waals surface area (Å²) in [5.74, 6) is -2.36. The molecular formula is C12H21N3O4. The predicted octanol–water partition coefficient (Wildman–Crippen LogP) is -0.646. The predicted molar refractivity (Wildman–Crippen MR) is 68.3 cm³/mol. The highest BCUT2D eigenvalue weighted by molar-refractivity contribution is 5.88. The van der Waals surface area contributed by atoms with E-state index in [1.807, 2.05) is 0 Å². The highest BCUT2D eigenvalue weighted by Gasteiger charge is 2.22. The normalized spacial score (nSPS) is 20.5. The topological polar surface area (TPSA) is 122 Å². The van der Waals surface area contributed by atoms with E-state index in [4.69, 9.17) is 10.8 Å². The fraction of sp³-hybridized carbons (Fsp3) is 0.750. The molecule has 0 saturated carbocycles. The van der Waals surface area contributed by atoms with Crippen molar-refractivity contribution in [2.45, 2.75) is 50.6 Å². The summed E-state index contributed by atoms with van der Waals surface area (Å²) in [4.78, 5) is 33.2. The van der Waals surface area contributed by atoms with E-state index in [0.717, 1.165) is 25.8 Å². The zero-order chi connectivity index (χ0) is 14.3. The molecule has 1 aliphatic heterocycles. The molecule has 0 aromatic rings. The Morgan fingerprint density at radius 3 is 2.63 bits per heavy atom. The van der Waals surface area contributed by atoms with Crippen LogP contribution in [-0.2, 0) is 14.4 Å². The maximum atomic E-state index is 11.6. The molecular weight excluding hydrogens is 250 g/mol. The molecule has 0 spiro atoms. The molecule has 0 bridgehead atoms. The fourth-order valence-electron chi connectivity index (χ4n) is 2.14. The summed E-state index contributed by atoms with van der Waals surface area (Å²) in [5, 5.41) is 14.5. The van der Waals surface area contributed by atoms with Crippen molar-refractivity contribution in [3.05, 3.63) is 0 Å². The SMILES string of the molecule is NC(=O)C[C@@H](NC(=O)CCC1CCCCN1)C(=O)O. The van der Waals surface area contributed by atoms with Crippen molar-refractivity contribution in [3.63, 3.8) is 0 Å². The molecule has 2 amide bonds. The van der Waals surface area contributed by atoms with E-state index in [1.165, 1.54) is 0 Å². The number of carbonyl (C=O) groups excluding carboxylic acids is 2. The van der Waals surface area contributed by atoms with Crippen LogP contribution in [0.5, 0.6) is 0 Å². The van der Waals surface area contributed by atoms with Gasteiger partial charge in [-0.3, -0.25) is 9.59 Å². The van der Waals surface area contributed by atoms with Crippen molar-refractivity contribution in [1.82, 2.24) is 10.6 Å². The van der Waals surface area contributed by atoms with Crippen molar-refractivity contribution < 1.29 is 19.5 Å². The molecule has 0 aromatic carbocycles. The van der Waals surface area contributed by atoms with Crippen LogP contribution >= 0.6 is 0 Å². The van der Waals surface area contributed by atoms with Crippen molar-refractivity contribution in [2.24, 2.45) is 5.73 Å². The van der Waals surface area contributed by atoms with E-state index in [1.54, 1.807) is 0 Å². The monoisotopic (exact) mass is 271 g/mol. The molecule has 7 nitrogen and oxygen atoms in total. The summed E-state index contributed by atoms with van der Waals surface area (Å²) in [6.07, 6.45) is 3.88. The number of hydrogen-bond acceptors (Lipinski definition) is 4. The maximum absolute atomic E-state index is 11.6. The largest absolute Gasteiger partial charge is 0.480 e. The molecule has 0 aromatic heterocycles. The molecule has 1 saturated heterocycles. The molecule has 1 fully saturated rings. The Morgan fingerprint density at radius 1 is 1.37 bits per heavy atom. The van der Waals surface area contributed by atoms with Crippen LogP contribution in [0, 0.1) is 0 Å². The number of primary amides is 1. The van der Waals surface area contributed by atoms with Gasteiger partial charge in [0.25, 0.3) is 0 Å². The molecule has 1 heterocycles. The van der Waals surface area contributed by atoms with E-state index in [2.05, 4.69) is 10.6 Å². The third-order valence-corrected chi connectivity index (χ3v) is 3.17. The van der Waals surface area contributed by atoms with Crippen LogP contribution in [0.4, 0.5) is 0 Å². The van der Waals surface area contributed by atoms with Gasteiger partial charge in [-0.15, -0.1) is 0 Å². The Labute approximate surface area is 111 Å². The molecule has 19 heavy (non-hydrogen) atoms. The van der Waals surface area contributed by atoms with Crippen LogP contribution in [-0.4, -0.2) is 41.5 Å². The Balaban J connectivity index is 2.31. The smallest absolute Gasteiger partial charge is 0.326 e. The maximum Gasteiger partial charge on any atom is 0.326 e. The van der Waals surface area contributed by atoms with E-state index >= 15 is 0 Å². The van der Waals surface area contributed by atoms with E-state index in [9.17, 15) is 14.4 Å². The molecule has 0 aliphatic carbocycles. The molecule has 2 atom stereocenters. The van der Waals surface area contributed by atoms with Crippen LogP contribution in [0.2, 0.25) is 0 Å². The van der Waals surface area contributed by atoms with Gasteiger partial charge in [0.2, 0.25) is 11.8 Å². The Hall–Kier alpha value is -1.63. The first kappa shape index (κ1) is 15.4. The Morgan fingerprint density at radius 2 is 2.11 bits per heavy atom. The van der Waals surface area contributed by atoms with Gasteiger partial charge in [-0.25, -0.2) is 4.79 Å². The summed E-state index contributed by atoms with van der Waals surface area (Å²) in [6, 6.07) is -0.914. The van der Waals surface area contributed by atoms with Crippen molar-refractivity contribution in [1.29, 1.82) is 0 Å². The van der Waals surface area contributed by atoms with Crippen molar-refractivity contribution in [3.8, 4) is 0 Å². The molecule has 0 radical (unpaired) electrons. The summed E-state index contributed by atoms with van der Waals surface area (Å²) in [6.45, 7) is 0.964. The Kier molecular flexibility index (Phi) is 6.27. The highest BCUT2D eigenvalue weighted by atomic mass is 16.4. The third-order valence-electron chi connectivity index (χ3n) is 3.17.